The van der Waals surface area contributed by atoms with Crippen LogP contribution in [0.5, 0.6) is 0 Å². The lowest BCUT2D eigenvalue weighted by Crippen LogP contribution is -2.67. The minimum absolute atomic E-state index is 0.0689. The Kier molecular flexibility index (Phi) is 10.3. The van der Waals surface area contributed by atoms with Gasteiger partial charge in [0.15, 0.2) is 0 Å². The molecule has 0 spiro atoms. The van der Waals surface area contributed by atoms with Gasteiger partial charge in [0, 0.05) is 24.1 Å². The number of aliphatic hydroxyl groups excluding tert-OH is 1. The number of nitrogens with one attached hydrogen (secondary N) is 2. The van der Waals surface area contributed by atoms with E-state index in [1.807, 2.05) is 38.1 Å². The third-order valence-electron chi connectivity index (χ3n) is 17.7. The lowest BCUT2D eigenvalue weighted by Gasteiger charge is -2.72. The van der Waals surface area contributed by atoms with Gasteiger partial charge in [0.1, 0.15) is 0 Å². The molecule has 7 heteroatoms. The third kappa shape index (κ3) is 6.28. The number of carbonyl (C=O) groups is 3. The van der Waals surface area contributed by atoms with Crippen LogP contribution in [0.1, 0.15) is 151 Å². The Hall–Kier alpha value is -3.45. The van der Waals surface area contributed by atoms with Crippen molar-refractivity contribution in [2.45, 2.75) is 138 Å². The molecule has 7 nitrogen and oxygen atoms in total. The van der Waals surface area contributed by atoms with Gasteiger partial charge in [-0.1, -0.05) is 84.9 Å². The number of carboxylic acids is 1. The smallest absolute Gasteiger partial charge is 0.335 e. The van der Waals surface area contributed by atoms with Crippen molar-refractivity contribution in [2.24, 2.45) is 56.7 Å². The van der Waals surface area contributed by atoms with E-state index in [2.05, 4.69) is 58.8 Å². The summed E-state index contributed by atoms with van der Waals surface area (Å²) in [6.07, 6.45) is 10.4. The summed E-state index contributed by atoms with van der Waals surface area (Å²) in [5.74, 6) is 1.19. The summed E-state index contributed by atoms with van der Waals surface area (Å²) < 4.78 is 0. The van der Waals surface area contributed by atoms with Gasteiger partial charge < -0.3 is 20.8 Å². The van der Waals surface area contributed by atoms with Crippen molar-refractivity contribution < 1.29 is 24.6 Å². The molecule has 5 aliphatic rings. The second-order valence-corrected chi connectivity index (χ2v) is 21.1. The normalized spacial score (nSPS) is 37.2. The van der Waals surface area contributed by atoms with Crippen molar-refractivity contribution >= 4 is 17.8 Å². The molecule has 2 aromatic rings. The number of benzene rings is 2. The fourth-order valence-corrected chi connectivity index (χ4v) is 14.3. The van der Waals surface area contributed by atoms with Crippen LogP contribution in [-0.4, -0.2) is 40.6 Å². The van der Waals surface area contributed by atoms with Crippen LogP contribution < -0.4 is 10.6 Å². The van der Waals surface area contributed by atoms with Gasteiger partial charge in [0.2, 0.25) is 5.91 Å². The molecule has 0 bridgehead atoms. The molecule has 0 saturated heterocycles. The second kappa shape index (κ2) is 14.1. The summed E-state index contributed by atoms with van der Waals surface area (Å²) in [6, 6.07) is 14.4. The molecule has 10 atom stereocenters. The van der Waals surface area contributed by atoms with Crippen molar-refractivity contribution in [3.05, 3.63) is 82.9 Å². The largest absolute Gasteiger partial charge is 0.478 e. The summed E-state index contributed by atoms with van der Waals surface area (Å²) in [7, 11) is 0. The molecule has 5 saturated carbocycles. The zero-order chi connectivity index (χ0) is 40.6. The fraction of sp³-hybridized carbons (Fsp3) is 0.653. The van der Waals surface area contributed by atoms with E-state index in [-0.39, 0.29) is 51.1 Å². The number of amides is 2. The molecular formula is C49H68N2O5. The minimum atomic E-state index is -0.976. The standard InChI is InChI=1S/C49H68N2O5/c1-30(2)35-18-23-49(25-24-47(8)36(40(35)49)16-17-38-46(7)21-20-39(52)45(5,6)37(46)19-22-48(38,47)9)43(56)50-28-31-12-10-13-32(26-31)41(53)51-29-44(3,4)34-15-11-14-33(27-34)42(54)55/h10-15,26-27,35-40,52H,1,16-25,28-29H2,2-9H3,(H,50,56)(H,51,53)(H,54,55)/t35-,36?,37?,38?,39-,40?,46-,47+,48+,49-/m0/s1. The van der Waals surface area contributed by atoms with E-state index in [0.29, 0.717) is 42.3 Å². The van der Waals surface area contributed by atoms with E-state index < -0.39 is 16.8 Å². The third-order valence-corrected chi connectivity index (χ3v) is 17.7. The predicted octanol–water partition coefficient (Wildman–Crippen LogP) is 9.73. The van der Waals surface area contributed by atoms with Crippen molar-refractivity contribution in [1.82, 2.24) is 10.6 Å². The second-order valence-electron chi connectivity index (χ2n) is 21.1. The molecule has 56 heavy (non-hydrogen) atoms. The lowest BCUT2D eigenvalue weighted by atomic mass is 9.32. The fourth-order valence-electron chi connectivity index (χ4n) is 14.3. The highest BCUT2D eigenvalue weighted by Crippen LogP contribution is 2.77. The number of carbonyl (C=O) groups excluding carboxylic acids is 2. The molecule has 5 aliphatic carbocycles. The van der Waals surface area contributed by atoms with E-state index in [4.69, 9.17) is 0 Å². The number of carboxylic acid groups (broad SMARTS) is 1. The highest BCUT2D eigenvalue weighted by molar-refractivity contribution is 5.94. The molecule has 0 heterocycles. The van der Waals surface area contributed by atoms with E-state index in [1.54, 1.807) is 24.3 Å². The Labute approximate surface area is 335 Å². The first-order chi connectivity index (χ1) is 26.2. The van der Waals surface area contributed by atoms with E-state index >= 15 is 0 Å². The Morgan fingerprint density at radius 2 is 1.52 bits per heavy atom. The Balaban J connectivity index is 1.07. The molecule has 0 radical (unpaired) electrons. The van der Waals surface area contributed by atoms with Gasteiger partial charge in [-0.3, -0.25) is 9.59 Å². The highest BCUT2D eigenvalue weighted by atomic mass is 16.4. The van der Waals surface area contributed by atoms with Gasteiger partial charge in [-0.05, 0) is 158 Å². The average molecular weight is 765 g/mol. The van der Waals surface area contributed by atoms with Crippen LogP contribution in [0, 0.1) is 56.7 Å². The van der Waals surface area contributed by atoms with Crippen molar-refractivity contribution in [1.29, 1.82) is 0 Å². The van der Waals surface area contributed by atoms with Gasteiger partial charge in [-0.25, -0.2) is 4.79 Å². The molecule has 304 valence electrons. The molecule has 7 rings (SSSR count). The Morgan fingerprint density at radius 1 is 0.804 bits per heavy atom. The van der Waals surface area contributed by atoms with Crippen molar-refractivity contribution in [3.63, 3.8) is 0 Å². The summed E-state index contributed by atoms with van der Waals surface area (Å²) in [5.41, 5.74) is 3.26. The predicted molar refractivity (Wildman–Crippen MR) is 222 cm³/mol. The number of fused-ring (bicyclic) bond motifs is 7. The molecular weight excluding hydrogens is 697 g/mol. The van der Waals surface area contributed by atoms with E-state index in [1.165, 1.54) is 24.8 Å². The van der Waals surface area contributed by atoms with Crippen LogP contribution in [0.25, 0.3) is 0 Å². The van der Waals surface area contributed by atoms with Gasteiger partial charge in [-0.2, -0.15) is 0 Å². The molecule has 5 fully saturated rings. The number of aromatic carboxylic acids is 1. The lowest BCUT2D eigenvalue weighted by molar-refractivity contribution is -0.246. The van der Waals surface area contributed by atoms with Crippen LogP contribution >= 0.6 is 0 Å². The molecule has 2 amide bonds. The molecule has 4 N–H and O–H groups in total. The topological polar surface area (TPSA) is 116 Å². The quantitative estimate of drug-likeness (QED) is 0.190. The minimum Gasteiger partial charge on any atom is -0.478 e. The monoisotopic (exact) mass is 765 g/mol. The zero-order valence-corrected chi connectivity index (χ0v) is 35.4. The van der Waals surface area contributed by atoms with Crippen LogP contribution in [0.15, 0.2) is 60.7 Å². The van der Waals surface area contributed by atoms with E-state index in [0.717, 1.165) is 56.1 Å². The molecule has 2 aromatic carbocycles. The number of aliphatic hydroxyl groups is 1. The van der Waals surface area contributed by atoms with Gasteiger partial charge in [0.05, 0.1) is 17.1 Å². The number of rotatable bonds is 9. The number of hydrogen-bond donors (Lipinski definition) is 4. The van der Waals surface area contributed by atoms with E-state index in [9.17, 15) is 24.6 Å². The van der Waals surface area contributed by atoms with Crippen LogP contribution in [0.3, 0.4) is 0 Å². The first kappa shape index (κ1) is 40.7. The summed E-state index contributed by atoms with van der Waals surface area (Å²) in [5, 5.41) is 27.1. The summed E-state index contributed by atoms with van der Waals surface area (Å²) in [6.45, 7) is 23.8. The van der Waals surface area contributed by atoms with Crippen LogP contribution in [0.2, 0.25) is 0 Å². The van der Waals surface area contributed by atoms with Crippen LogP contribution in [-0.2, 0) is 16.8 Å². The Bertz CT molecular complexity index is 1900. The summed E-state index contributed by atoms with van der Waals surface area (Å²) in [4.78, 5) is 39.7. The average Bonchev–Trinajstić information content (AvgIpc) is 3.56. The number of hydrogen-bond acceptors (Lipinski definition) is 4. The van der Waals surface area contributed by atoms with Crippen LogP contribution in [0.4, 0.5) is 0 Å². The highest BCUT2D eigenvalue weighted by Gasteiger charge is 2.71. The summed E-state index contributed by atoms with van der Waals surface area (Å²) >= 11 is 0. The molecule has 0 aromatic heterocycles. The molecule has 4 unspecified atom stereocenters. The van der Waals surface area contributed by atoms with Gasteiger partial charge >= 0.3 is 5.97 Å². The van der Waals surface area contributed by atoms with Crippen molar-refractivity contribution in [2.75, 3.05) is 6.54 Å². The first-order valence-corrected chi connectivity index (χ1v) is 21.5. The maximum absolute atomic E-state index is 14.8. The SMILES string of the molecule is C=C(C)[C@@H]1CC[C@]2(C(=O)NCc3cccc(C(=O)NCC(C)(C)c4cccc(C(=O)O)c4)c3)CC[C@]3(C)C(CCC4[C@@]5(C)CC[C@H](O)C(C)(C)C5CC[C@]43C)C12. The van der Waals surface area contributed by atoms with Gasteiger partial charge in [0.25, 0.3) is 5.91 Å². The molecule has 0 aliphatic heterocycles. The number of allylic oxidation sites excluding steroid dienone is 1. The maximum atomic E-state index is 14.8. The Morgan fingerprint density at radius 3 is 2.23 bits per heavy atom. The first-order valence-electron chi connectivity index (χ1n) is 21.5. The van der Waals surface area contributed by atoms with Crippen molar-refractivity contribution in [3.8, 4) is 0 Å². The maximum Gasteiger partial charge on any atom is 0.335 e. The van der Waals surface area contributed by atoms with Gasteiger partial charge in [-0.15, -0.1) is 0 Å². The zero-order valence-electron chi connectivity index (χ0n) is 35.4.